The lowest BCUT2D eigenvalue weighted by molar-refractivity contribution is 0.112. The highest BCUT2D eigenvalue weighted by molar-refractivity contribution is 5.74. The Labute approximate surface area is 111 Å². The molecule has 0 radical (unpaired) electrons. The fourth-order valence-electron chi connectivity index (χ4n) is 0.532. The molecule has 6 N–H and O–H groups in total. The third-order valence-corrected chi connectivity index (χ3v) is 0.936. The van der Waals surface area contributed by atoms with Crippen LogP contribution in [0.4, 0.5) is 14.4 Å². The number of benzene rings is 1. The van der Waals surface area contributed by atoms with Crippen LogP contribution in [0, 0.1) is 0 Å². The summed E-state index contributed by atoms with van der Waals surface area (Å²) in [5, 5.41) is 41.8. The molecule has 20 heavy (non-hydrogen) atoms. The van der Waals surface area contributed by atoms with Gasteiger partial charge < -0.3 is 30.6 Å². The van der Waals surface area contributed by atoms with E-state index in [1.165, 1.54) is 0 Å². The molecule has 0 saturated carbocycles. The molecule has 10 nitrogen and oxygen atoms in total. The minimum atomic E-state index is -1.83. The van der Waals surface area contributed by atoms with Crippen LogP contribution in [-0.2, 0) is 0 Å². The van der Waals surface area contributed by atoms with Gasteiger partial charge in [0, 0.05) is 5.56 Å². The van der Waals surface area contributed by atoms with E-state index in [0.29, 0.717) is 0 Å². The van der Waals surface area contributed by atoms with E-state index in [1.54, 1.807) is 12.1 Å². The van der Waals surface area contributed by atoms with Crippen molar-refractivity contribution in [3.63, 3.8) is 0 Å². The number of carbonyl (C=O) groups excluding carboxylic acids is 1. The van der Waals surface area contributed by atoms with Gasteiger partial charge >= 0.3 is 18.5 Å². The van der Waals surface area contributed by atoms with E-state index in [9.17, 15) is 4.79 Å². The summed E-state index contributed by atoms with van der Waals surface area (Å²) in [6.45, 7) is 0. The molecule has 0 bridgehead atoms. The van der Waals surface area contributed by atoms with Crippen molar-refractivity contribution in [1.29, 1.82) is 0 Å². The zero-order valence-corrected chi connectivity index (χ0v) is 9.78. The zero-order chi connectivity index (χ0) is 16.6. The summed E-state index contributed by atoms with van der Waals surface area (Å²) in [6.07, 6.45) is -4.67. The van der Waals surface area contributed by atoms with Gasteiger partial charge in [0.15, 0.2) is 0 Å². The van der Waals surface area contributed by atoms with E-state index in [2.05, 4.69) is 0 Å². The number of carbonyl (C=O) groups is 4. The average Bonchev–Trinajstić information content (AvgIpc) is 2.28. The summed E-state index contributed by atoms with van der Waals surface area (Å²) in [7, 11) is 0. The van der Waals surface area contributed by atoms with Crippen molar-refractivity contribution in [2.24, 2.45) is 0 Å². The fourth-order valence-corrected chi connectivity index (χ4v) is 0.532. The average molecular weight is 292 g/mol. The van der Waals surface area contributed by atoms with Crippen molar-refractivity contribution in [3.05, 3.63) is 35.9 Å². The molecule has 0 aliphatic carbocycles. The Morgan fingerprint density at radius 2 is 0.950 bits per heavy atom. The van der Waals surface area contributed by atoms with Gasteiger partial charge in [0.25, 0.3) is 0 Å². The number of rotatable bonds is 1. The van der Waals surface area contributed by atoms with Crippen molar-refractivity contribution < 1.29 is 49.8 Å². The minimum absolute atomic E-state index is 0.729. The molecule has 0 heterocycles. The van der Waals surface area contributed by atoms with Gasteiger partial charge in [0.1, 0.15) is 6.29 Å². The summed E-state index contributed by atoms with van der Waals surface area (Å²) in [5.74, 6) is 0. The molecule has 0 unspecified atom stereocenters. The van der Waals surface area contributed by atoms with Gasteiger partial charge in [0.2, 0.25) is 0 Å². The van der Waals surface area contributed by atoms with Crippen molar-refractivity contribution in [2.75, 3.05) is 0 Å². The van der Waals surface area contributed by atoms with Crippen molar-refractivity contribution in [3.8, 4) is 0 Å². The predicted molar refractivity (Wildman–Crippen MR) is 63.8 cm³/mol. The van der Waals surface area contributed by atoms with Gasteiger partial charge in [0.05, 0.1) is 0 Å². The Morgan fingerprint density at radius 1 is 0.700 bits per heavy atom. The maximum atomic E-state index is 10.0. The molecule has 0 fully saturated rings. The monoisotopic (exact) mass is 292 g/mol. The normalized spacial score (nSPS) is 7.00. The van der Waals surface area contributed by atoms with E-state index >= 15 is 0 Å². The van der Waals surface area contributed by atoms with Crippen LogP contribution in [0.3, 0.4) is 0 Å². The third kappa shape index (κ3) is 61.5. The van der Waals surface area contributed by atoms with Crippen LogP contribution in [0.25, 0.3) is 0 Å². The molecular weight excluding hydrogens is 280 g/mol. The summed E-state index contributed by atoms with van der Waals surface area (Å²) >= 11 is 0. The van der Waals surface area contributed by atoms with E-state index < -0.39 is 18.5 Å². The molecule has 1 aromatic carbocycles. The third-order valence-electron chi connectivity index (χ3n) is 0.936. The lowest BCUT2D eigenvalue weighted by Crippen LogP contribution is -1.81. The van der Waals surface area contributed by atoms with Crippen LogP contribution in [0.2, 0.25) is 0 Å². The Bertz CT molecular complexity index is 359. The standard InChI is InChI=1S/C7H6O.3CH2O3/c8-6-7-4-2-1-3-5-7;3*2-1(3)4/h1-6H;3*(H2,2,3,4). The molecule has 10 heteroatoms. The van der Waals surface area contributed by atoms with Crippen molar-refractivity contribution in [2.45, 2.75) is 0 Å². The van der Waals surface area contributed by atoms with Crippen LogP contribution in [0.15, 0.2) is 30.3 Å². The van der Waals surface area contributed by atoms with Gasteiger partial charge in [-0.15, -0.1) is 0 Å². The molecule has 0 aliphatic heterocycles. The molecule has 0 atom stereocenters. The van der Waals surface area contributed by atoms with Crippen LogP contribution < -0.4 is 0 Å². The summed E-state index contributed by atoms with van der Waals surface area (Å²) in [6, 6.07) is 9.10. The quantitative estimate of drug-likeness (QED) is 0.418. The zero-order valence-electron chi connectivity index (χ0n) is 9.78. The summed E-state index contributed by atoms with van der Waals surface area (Å²) in [5.41, 5.74) is 0.729. The fraction of sp³-hybridized carbons (Fsp3) is 0. The molecule has 0 aromatic heterocycles. The maximum absolute atomic E-state index is 10.0. The number of carboxylic acid groups (broad SMARTS) is 6. The van der Waals surface area contributed by atoms with Gasteiger partial charge in [-0.3, -0.25) is 4.79 Å². The lowest BCUT2D eigenvalue weighted by atomic mass is 10.2. The van der Waals surface area contributed by atoms with Crippen LogP contribution >= 0.6 is 0 Å². The van der Waals surface area contributed by atoms with Gasteiger partial charge in [-0.25, -0.2) is 14.4 Å². The molecule has 112 valence electrons. The Hall–Kier alpha value is -3.30. The first-order chi connectivity index (χ1) is 9.13. The first-order valence-corrected chi connectivity index (χ1v) is 4.39. The van der Waals surface area contributed by atoms with E-state index in [1.807, 2.05) is 18.2 Å². The topological polar surface area (TPSA) is 190 Å². The highest BCUT2D eigenvalue weighted by atomic mass is 16.6. The van der Waals surface area contributed by atoms with E-state index in [4.69, 9.17) is 45.0 Å². The second kappa shape index (κ2) is 15.7. The maximum Gasteiger partial charge on any atom is 0.503 e. The van der Waals surface area contributed by atoms with Crippen LogP contribution in [0.1, 0.15) is 10.4 Å². The predicted octanol–water partition coefficient (Wildman–Crippen LogP) is 2.17. The van der Waals surface area contributed by atoms with Crippen LogP contribution in [0.5, 0.6) is 0 Å². The van der Waals surface area contributed by atoms with Gasteiger partial charge in [-0.2, -0.15) is 0 Å². The van der Waals surface area contributed by atoms with E-state index in [0.717, 1.165) is 11.8 Å². The van der Waals surface area contributed by atoms with Gasteiger partial charge in [-0.1, -0.05) is 30.3 Å². The first kappa shape index (κ1) is 21.9. The highest BCUT2D eigenvalue weighted by Gasteiger charge is 1.80. The first-order valence-electron chi connectivity index (χ1n) is 4.39. The summed E-state index contributed by atoms with van der Waals surface area (Å²) in [4.78, 5) is 35.7. The highest BCUT2D eigenvalue weighted by Crippen LogP contribution is 1.91. The molecule has 1 rings (SSSR count). The molecule has 0 spiro atoms. The number of hydrogen-bond donors (Lipinski definition) is 6. The van der Waals surface area contributed by atoms with E-state index in [-0.39, 0.29) is 0 Å². The lowest BCUT2D eigenvalue weighted by Gasteiger charge is -1.81. The molecule has 0 amide bonds. The largest absolute Gasteiger partial charge is 0.503 e. The molecular formula is C10H12O10. The molecule has 0 saturated heterocycles. The Balaban J connectivity index is -0.000000209. The SMILES string of the molecule is O=C(O)O.O=C(O)O.O=C(O)O.O=Cc1ccccc1. The Morgan fingerprint density at radius 3 is 1.10 bits per heavy atom. The molecule has 0 aliphatic rings. The van der Waals surface area contributed by atoms with Crippen molar-refractivity contribution in [1.82, 2.24) is 0 Å². The number of aldehydes is 1. The Kier molecular flexibility index (Phi) is 17.2. The summed E-state index contributed by atoms with van der Waals surface area (Å²) < 4.78 is 0. The van der Waals surface area contributed by atoms with Gasteiger partial charge in [-0.05, 0) is 0 Å². The second-order valence-corrected chi connectivity index (χ2v) is 2.38. The second-order valence-electron chi connectivity index (χ2n) is 2.38. The van der Waals surface area contributed by atoms with Crippen molar-refractivity contribution >= 4 is 24.8 Å². The molecule has 1 aromatic rings. The smallest absolute Gasteiger partial charge is 0.450 e. The number of hydrogen-bond acceptors (Lipinski definition) is 4. The van der Waals surface area contributed by atoms with Crippen LogP contribution in [-0.4, -0.2) is 55.4 Å². The minimum Gasteiger partial charge on any atom is -0.450 e.